The first-order valence-corrected chi connectivity index (χ1v) is 11.6. The molecule has 1 fully saturated rings. The minimum Gasteiger partial charge on any atom is -0.493 e. The van der Waals surface area contributed by atoms with Crippen LogP contribution in [0.4, 0.5) is 19.3 Å². The van der Waals surface area contributed by atoms with Crippen molar-refractivity contribution in [3.63, 3.8) is 0 Å². The van der Waals surface area contributed by atoms with E-state index in [4.69, 9.17) is 14.2 Å². The maximum atomic E-state index is 14.0. The number of rotatable bonds is 8. The number of benzene rings is 2. The second kappa shape index (κ2) is 11.0. The lowest BCUT2D eigenvalue weighted by molar-refractivity contribution is 0.159. The molecule has 10 heteroatoms. The topological polar surface area (TPSA) is 85.0 Å². The molecule has 0 saturated carbocycles. The van der Waals surface area contributed by atoms with E-state index in [-0.39, 0.29) is 12.0 Å². The first kappa shape index (κ1) is 25.6. The van der Waals surface area contributed by atoms with E-state index in [9.17, 15) is 13.6 Å². The number of aromatic nitrogens is 1. The standard InChI is InChI=1S/C26H30F2N4O4/c1-15-21(10-17-11-24(35-3)25(36-4)12-22(17)29-15)30-26(33)31-23-14-32(7-8-34-2)13-18(23)16-5-6-19(27)20(28)9-16/h5-6,9-12,18,23H,7-8,13-14H2,1-4H3,(H2,30,31,33)/t18-,23+/m0/s1. The molecule has 3 aromatic rings. The second-order valence-electron chi connectivity index (χ2n) is 8.76. The summed E-state index contributed by atoms with van der Waals surface area (Å²) >= 11 is 0. The summed E-state index contributed by atoms with van der Waals surface area (Å²) in [4.78, 5) is 19.7. The number of hydrogen-bond donors (Lipinski definition) is 2. The highest BCUT2D eigenvalue weighted by molar-refractivity contribution is 5.94. The zero-order valence-corrected chi connectivity index (χ0v) is 20.7. The number of fused-ring (bicyclic) bond motifs is 1. The van der Waals surface area contributed by atoms with Crippen LogP contribution in [0.2, 0.25) is 0 Å². The summed E-state index contributed by atoms with van der Waals surface area (Å²) in [6.45, 7) is 4.12. The molecular weight excluding hydrogens is 470 g/mol. The predicted molar refractivity (Wildman–Crippen MR) is 133 cm³/mol. The minimum absolute atomic E-state index is 0.213. The van der Waals surface area contributed by atoms with Gasteiger partial charge in [-0.15, -0.1) is 0 Å². The minimum atomic E-state index is -0.907. The fourth-order valence-corrected chi connectivity index (χ4v) is 4.57. The molecule has 1 aromatic heterocycles. The van der Waals surface area contributed by atoms with Gasteiger partial charge in [0.15, 0.2) is 23.1 Å². The van der Waals surface area contributed by atoms with Crippen molar-refractivity contribution in [2.24, 2.45) is 0 Å². The van der Waals surface area contributed by atoms with Crippen LogP contribution in [0.15, 0.2) is 36.4 Å². The fraction of sp³-hybridized carbons (Fsp3) is 0.385. The van der Waals surface area contributed by atoms with Gasteiger partial charge in [0.05, 0.1) is 43.8 Å². The van der Waals surface area contributed by atoms with Crippen LogP contribution in [-0.2, 0) is 4.74 Å². The number of nitrogens with one attached hydrogen (secondary N) is 2. The molecule has 0 radical (unpaired) electrons. The van der Waals surface area contributed by atoms with E-state index in [2.05, 4.69) is 20.5 Å². The number of urea groups is 1. The molecule has 0 spiro atoms. The van der Waals surface area contributed by atoms with Gasteiger partial charge in [0.2, 0.25) is 0 Å². The third kappa shape index (κ3) is 5.50. The second-order valence-corrected chi connectivity index (χ2v) is 8.76. The van der Waals surface area contributed by atoms with Gasteiger partial charge in [0.1, 0.15) is 0 Å². The van der Waals surface area contributed by atoms with E-state index >= 15 is 0 Å². The summed E-state index contributed by atoms with van der Waals surface area (Å²) in [5.74, 6) is -0.893. The summed E-state index contributed by atoms with van der Waals surface area (Å²) in [5.41, 5.74) is 2.52. The van der Waals surface area contributed by atoms with Crippen molar-refractivity contribution in [2.75, 3.05) is 52.9 Å². The average Bonchev–Trinajstić information content (AvgIpc) is 3.26. The van der Waals surface area contributed by atoms with Crippen LogP contribution in [-0.4, -0.2) is 69.5 Å². The van der Waals surface area contributed by atoms with Crippen molar-refractivity contribution < 1.29 is 27.8 Å². The largest absolute Gasteiger partial charge is 0.493 e. The molecule has 1 aliphatic rings. The number of methoxy groups -OCH3 is 3. The number of hydrogen-bond acceptors (Lipinski definition) is 6. The Labute approximate surface area is 208 Å². The number of carbonyl (C=O) groups is 1. The molecule has 2 aromatic carbocycles. The molecule has 4 rings (SSSR count). The van der Waals surface area contributed by atoms with Crippen LogP contribution in [0.25, 0.3) is 10.9 Å². The fourth-order valence-electron chi connectivity index (χ4n) is 4.57. The number of likely N-dealkylation sites (tertiary alicyclic amines) is 1. The zero-order valence-electron chi connectivity index (χ0n) is 20.7. The number of ether oxygens (including phenoxy) is 3. The van der Waals surface area contributed by atoms with Gasteiger partial charge < -0.3 is 24.8 Å². The first-order chi connectivity index (χ1) is 17.3. The van der Waals surface area contributed by atoms with Crippen molar-refractivity contribution in [3.05, 3.63) is 59.3 Å². The molecule has 0 bridgehead atoms. The highest BCUT2D eigenvalue weighted by Gasteiger charge is 2.35. The van der Waals surface area contributed by atoms with Gasteiger partial charge in [0, 0.05) is 44.1 Å². The average molecular weight is 501 g/mol. The molecule has 2 N–H and O–H groups in total. The number of halogens is 2. The maximum Gasteiger partial charge on any atom is 0.319 e. The van der Waals surface area contributed by atoms with E-state index in [1.165, 1.54) is 6.07 Å². The molecule has 8 nitrogen and oxygen atoms in total. The molecule has 0 aliphatic carbocycles. The van der Waals surface area contributed by atoms with Crippen LogP contribution >= 0.6 is 0 Å². The zero-order chi connectivity index (χ0) is 25.8. The number of carbonyl (C=O) groups excluding carboxylic acids is 1. The summed E-state index contributed by atoms with van der Waals surface area (Å²) in [6, 6.07) is 8.56. The Kier molecular flexibility index (Phi) is 7.85. The van der Waals surface area contributed by atoms with Crippen molar-refractivity contribution in [2.45, 2.75) is 18.9 Å². The number of pyridine rings is 1. The Morgan fingerprint density at radius 3 is 2.50 bits per heavy atom. The van der Waals surface area contributed by atoms with Gasteiger partial charge >= 0.3 is 6.03 Å². The summed E-state index contributed by atoms with van der Waals surface area (Å²) in [6.07, 6.45) is 0. The van der Waals surface area contributed by atoms with E-state index in [0.29, 0.717) is 60.2 Å². The number of anilines is 1. The van der Waals surface area contributed by atoms with E-state index in [1.54, 1.807) is 46.5 Å². The van der Waals surface area contributed by atoms with Crippen molar-refractivity contribution in [1.29, 1.82) is 0 Å². The van der Waals surface area contributed by atoms with Crippen molar-refractivity contribution >= 4 is 22.6 Å². The van der Waals surface area contributed by atoms with E-state index in [1.807, 2.05) is 6.07 Å². The Bertz CT molecular complexity index is 1260. The number of nitrogens with zero attached hydrogens (tertiary/aromatic N) is 2. The smallest absolute Gasteiger partial charge is 0.319 e. The molecule has 2 heterocycles. The first-order valence-electron chi connectivity index (χ1n) is 11.6. The van der Waals surface area contributed by atoms with E-state index in [0.717, 1.165) is 11.5 Å². The monoisotopic (exact) mass is 500 g/mol. The van der Waals surface area contributed by atoms with Crippen LogP contribution in [0.1, 0.15) is 17.2 Å². The summed E-state index contributed by atoms with van der Waals surface area (Å²) < 4.78 is 43.4. The van der Waals surface area contributed by atoms with Crippen molar-refractivity contribution in [1.82, 2.24) is 15.2 Å². The lowest BCUT2D eigenvalue weighted by atomic mass is 9.94. The van der Waals surface area contributed by atoms with Gasteiger partial charge in [-0.05, 0) is 36.8 Å². The molecular formula is C26H30F2N4O4. The SMILES string of the molecule is COCCN1C[C@@H](NC(=O)Nc2cc3cc(OC)c(OC)cc3nc2C)[C@H](c2ccc(F)c(F)c2)C1. The number of amides is 2. The van der Waals surface area contributed by atoms with Gasteiger partial charge in [0.25, 0.3) is 0 Å². The Balaban J connectivity index is 1.54. The molecule has 2 amide bonds. The Hall–Kier alpha value is -3.50. The van der Waals surface area contributed by atoms with Crippen molar-refractivity contribution in [3.8, 4) is 11.5 Å². The Morgan fingerprint density at radius 2 is 1.81 bits per heavy atom. The van der Waals surface area contributed by atoms with Gasteiger partial charge in [-0.2, -0.15) is 0 Å². The Morgan fingerprint density at radius 1 is 1.06 bits per heavy atom. The molecule has 1 saturated heterocycles. The lowest BCUT2D eigenvalue weighted by Crippen LogP contribution is -2.42. The molecule has 192 valence electrons. The normalized spacial score (nSPS) is 17.8. The van der Waals surface area contributed by atoms with Gasteiger partial charge in [-0.3, -0.25) is 9.88 Å². The van der Waals surface area contributed by atoms with Crippen LogP contribution in [0.3, 0.4) is 0 Å². The van der Waals surface area contributed by atoms with E-state index < -0.39 is 17.7 Å². The maximum absolute atomic E-state index is 14.0. The molecule has 36 heavy (non-hydrogen) atoms. The quantitative estimate of drug-likeness (QED) is 0.485. The third-order valence-corrected chi connectivity index (χ3v) is 6.45. The number of aryl methyl sites for hydroxylation is 1. The van der Waals surface area contributed by atoms with Gasteiger partial charge in [-0.1, -0.05) is 6.07 Å². The molecule has 0 unspecified atom stereocenters. The highest BCUT2D eigenvalue weighted by Crippen LogP contribution is 2.33. The van der Waals surface area contributed by atoms with Gasteiger partial charge in [-0.25, -0.2) is 13.6 Å². The van der Waals surface area contributed by atoms with Crippen LogP contribution in [0.5, 0.6) is 11.5 Å². The summed E-state index contributed by atoms with van der Waals surface area (Å²) in [5, 5.41) is 6.67. The summed E-state index contributed by atoms with van der Waals surface area (Å²) in [7, 11) is 4.74. The molecule has 1 aliphatic heterocycles. The predicted octanol–water partition coefficient (Wildman–Crippen LogP) is 4.07. The van der Waals surface area contributed by atoms with Crippen LogP contribution in [0, 0.1) is 18.6 Å². The third-order valence-electron chi connectivity index (χ3n) is 6.45. The molecule has 2 atom stereocenters. The lowest BCUT2D eigenvalue weighted by Gasteiger charge is -2.21. The highest BCUT2D eigenvalue weighted by atomic mass is 19.2. The van der Waals surface area contributed by atoms with Crippen LogP contribution < -0.4 is 20.1 Å².